The molecule has 1 N–H and O–H groups in total. The molecule has 4 aromatic rings. The van der Waals surface area contributed by atoms with E-state index in [9.17, 15) is 4.79 Å². The van der Waals surface area contributed by atoms with Crippen LogP contribution in [0.1, 0.15) is 18.1 Å². The number of carbonyl (C=O) groups excluding carboxylic acids is 1. The number of benzene rings is 3. The van der Waals surface area contributed by atoms with Crippen molar-refractivity contribution >= 4 is 39.8 Å². The van der Waals surface area contributed by atoms with E-state index in [1.54, 1.807) is 6.21 Å². The summed E-state index contributed by atoms with van der Waals surface area (Å²) in [5.74, 6) is 0.664. The standard InChI is InChI=1S/C25H22BrN5OS/c1-2-18-8-10-19(11-9-18)16-27-28-23(32)17-33-25-30-29-24(20-12-14-21(26)15-13-20)31(25)22-6-4-3-5-7-22/h3-16H,2,17H2,1H3,(H,28,32)/b27-16+. The topological polar surface area (TPSA) is 72.2 Å². The summed E-state index contributed by atoms with van der Waals surface area (Å²) in [7, 11) is 0. The van der Waals surface area contributed by atoms with Crippen LogP contribution in [0.2, 0.25) is 0 Å². The minimum atomic E-state index is -0.214. The third-order valence-electron chi connectivity index (χ3n) is 4.87. The summed E-state index contributed by atoms with van der Waals surface area (Å²) < 4.78 is 2.95. The summed E-state index contributed by atoms with van der Waals surface area (Å²) in [6, 6.07) is 25.8. The number of hydrazone groups is 1. The number of halogens is 1. The first-order valence-corrected chi connectivity index (χ1v) is 12.2. The Morgan fingerprint density at radius 1 is 1.03 bits per heavy atom. The zero-order valence-electron chi connectivity index (χ0n) is 18.0. The highest BCUT2D eigenvalue weighted by Gasteiger charge is 2.17. The molecule has 33 heavy (non-hydrogen) atoms. The number of aromatic nitrogens is 3. The van der Waals surface area contributed by atoms with E-state index in [0.717, 1.165) is 27.7 Å². The lowest BCUT2D eigenvalue weighted by molar-refractivity contribution is -0.118. The van der Waals surface area contributed by atoms with Gasteiger partial charge in [0.2, 0.25) is 0 Å². The molecule has 166 valence electrons. The first kappa shape index (κ1) is 22.9. The molecule has 0 saturated carbocycles. The van der Waals surface area contributed by atoms with Gasteiger partial charge in [-0.3, -0.25) is 9.36 Å². The Hall–Kier alpha value is -3.23. The number of nitrogens with zero attached hydrogens (tertiary/aromatic N) is 4. The van der Waals surface area contributed by atoms with Crippen molar-refractivity contribution in [1.82, 2.24) is 20.2 Å². The van der Waals surface area contributed by atoms with Crippen molar-refractivity contribution in [2.75, 3.05) is 5.75 Å². The summed E-state index contributed by atoms with van der Waals surface area (Å²) in [6.07, 6.45) is 2.63. The van der Waals surface area contributed by atoms with Gasteiger partial charge >= 0.3 is 0 Å². The molecular formula is C25H22BrN5OS. The quantitative estimate of drug-likeness (QED) is 0.189. The predicted molar refractivity (Wildman–Crippen MR) is 137 cm³/mol. The summed E-state index contributed by atoms with van der Waals surface area (Å²) in [5.41, 5.74) is 6.64. The van der Waals surface area contributed by atoms with E-state index in [-0.39, 0.29) is 11.7 Å². The van der Waals surface area contributed by atoms with Crippen LogP contribution in [0.5, 0.6) is 0 Å². The average molecular weight is 520 g/mol. The number of rotatable bonds is 8. The van der Waals surface area contributed by atoms with Gasteiger partial charge in [-0.1, -0.05) is 89.2 Å². The minimum Gasteiger partial charge on any atom is -0.272 e. The smallest absolute Gasteiger partial charge is 0.250 e. The molecule has 0 spiro atoms. The van der Waals surface area contributed by atoms with Gasteiger partial charge in [0.05, 0.1) is 12.0 Å². The number of para-hydroxylation sites is 1. The number of amides is 1. The van der Waals surface area contributed by atoms with E-state index in [4.69, 9.17) is 0 Å². The van der Waals surface area contributed by atoms with Gasteiger partial charge in [-0.15, -0.1) is 10.2 Å². The Kier molecular flexibility index (Phi) is 7.70. The highest BCUT2D eigenvalue weighted by Crippen LogP contribution is 2.28. The van der Waals surface area contributed by atoms with Crippen LogP contribution in [0.25, 0.3) is 17.1 Å². The van der Waals surface area contributed by atoms with Crippen LogP contribution in [0.15, 0.2) is 93.6 Å². The summed E-state index contributed by atoms with van der Waals surface area (Å²) in [4.78, 5) is 12.4. The molecule has 3 aromatic carbocycles. The fraction of sp³-hybridized carbons (Fsp3) is 0.120. The van der Waals surface area contributed by atoms with Crippen LogP contribution in [0, 0.1) is 0 Å². The molecule has 0 unspecified atom stereocenters. The van der Waals surface area contributed by atoms with Gasteiger partial charge in [0.25, 0.3) is 5.91 Å². The van der Waals surface area contributed by atoms with Crippen molar-refractivity contribution in [3.8, 4) is 17.1 Å². The Morgan fingerprint density at radius 3 is 2.45 bits per heavy atom. The largest absolute Gasteiger partial charge is 0.272 e. The zero-order chi connectivity index (χ0) is 23.0. The van der Waals surface area contributed by atoms with Crippen LogP contribution >= 0.6 is 27.7 Å². The molecule has 0 radical (unpaired) electrons. The van der Waals surface area contributed by atoms with E-state index >= 15 is 0 Å². The lowest BCUT2D eigenvalue weighted by Gasteiger charge is -2.10. The first-order chi connectivity index (χ1) is 16.1. The zero-order valence-corrected chi connectivity index (χ0v) is 20.4. The van der Waals surface area contributed by atoms with Crippen LogP contribution in [0.3, 0.4) is 0 Å². The molecule has 0 aliphatic rings. The maximum atomic E-state index is 12.4. The first-order valence-electron chi connectivity index (χ1n) is 10.4. The lowest BCUT2D eigenvalue weighted by Crippen LogP contribution is -2.20. The number of thioether (sulfide) groups is 1. The highest BCUT2D eigenvalue weighted by molar-refractivity contribution is 9.10. The normalized spacial score (nSPS) is 11.1. The number of aryl methyl sites for hydroxylation is 1. The molecule has 4 rings (SSSR count). The van der Waals surface area contributed by atoms with E-state index in [1.165, 1.54) is 17.3 Å². The van der Waals surface area contributed by atoms with Crippen molar-refractivity contribution in [2.45, 2.75) is 18.5 Å². The van der Waals surface area contributed by atoms with Gasteiger partial charge in [0.1, 0.15) is 0 Å². The number of carbonyl (C=O) groups is 1. The molecule has 8 heteroatoms. The van der Waals surface area contributed by atoms with Gasteiger partial charge in [0.15, 0.2) is 11.0 Å². The Morgan fingerprint density at radius 2 is 1.76 bits per heavy atom. The molecule has 0 aliphatic heterocycles. The van der Waals surface area contributed by atoms with Crippen molar-refractivity contribution in [2.24, 2.45) is 5.10 Å². The molecule has 0 aliphatic carbocycles. The van der Waals surface area contributed by atoms with Gasteiger partial charge in [-0.2, -0.15) is 5.10 Å². The Bertz CT molecular complexity index is 1240. The molecule has 1 amide bonds. The second-order valence-electron chi connectivity index (χ2n) is 7.16. The molecule has 6 nitrogen and oxygen atoms in total. The average Bonchev–Trinajstić information content (AvgIpc) is 3.28. The second-order valence-corrected chi connectivity index (χ2v) is 9.02. The molecule has 0 bridgehead atoms. The summed E-state index contributed by atoms with van der Waals surface area (Å²) in [5, 5.41) is 13.5. The second kappa shape index (κ2) is 11.1. The van der Waals surface area contributed by atoms with Crippen LogP contribution in [-0.2, 0) is 11.2 Å². The molecule has 0 atom stereocenters. The molecule has 0 fully saturated rings. The maximum absolute atomic E-state index is 12.4. The fourth-order valence-electron chi connectivity index (χ4n) is 3.14. The summed E-state index contributed by atoms with van der Waals surface area (Å²) >= 11 is 4.78. The van der Waals surface area contributed by atoms with Crippen LogP contribution < -0.4 is 5.43 Å². The number of nitrogens with one attached hydrogen (secondary N) is 1. The summed E-state index contributed by atoms with van der Waals surface area (Å²) in [6.45, 7) is 2.11. The monoisotopic (exact) mass is 519 g/mol. The van der Waals surface area contributed by atoms with Gasteiger partial charge in [0, 0.05) is 15.7 Å². The lowest BCUT2D eigenvalue weighted by atomic mass is 10.1. The van der Waals surface area contributed by atoms with Gasteiger partial charge in [-0.25, -0.2) is 5.43 Å². The molecular weight excluding hydrogens is 498 g/mol. The Labute approximate surface area is 205 Å². The molecule has 1 heterocycles. The SMILES string of the molecule is CCc1ccc(/C=N/NC(=O)CSc2nnc(-c3ccc(Br)cc3)n2-c2ccccc2)cc1. The maximum Gasteiger partial charge on any atom is 0.250 e. The van der Waals surface area contributed by atoms with Crippen LogP contribution in [-0.4, -0.2) is 32.6 Å². The number of hydrogen-bond acceptors (Lipinski definition) is 5. The highest BCUT2D eigenvalue weighted by atomic mass is 79.9. The van der Waals surface area contributed by atoms with Gasteiger partial charge in [-0.05, 0) is 41.8 Å². The van der Waals surface area contributed by atoms with E-state index in [1.807, 2.05) is 71.3 Å². The predicted octanol–water partition coefficient (Wildman–Crippen LogP) is 5.50. The minimum absolute atomic E-state index is 0.164. The van der Waals surface area contributed by atoms with Crippen molar-refractivity contribution in [3.63, 3.8) is 0 Å². The van der Waals surface area contributed by atoms with E-state index in [0.29, 0.717) is 11.0 Å². The third kappa shape index (κ3) is 5.97. The van der Waals surface area contributed by atoms with Crippen molar-refractivity contribution in [1.29, 1.82) is 0 Å². The number of hydrogen-bond donors (Lipinski definition) is 1. The van der Waals surface area contributed by atoms with Crippen molar-refractivity contribution < 1.29 is 4.79 Å². The van der Waals surface area contributed by atoms with Crippen LogP contribution in [0.4, 0.5) is 0 Å². The third-order valence-corrected chi connectivity index (χ3v) is 6.33. The molecule has 0 saturated heterocycles. The van der Waals surface area contributed by atoms with Crippen molar-refractivity contribution in [3.05, 3.63) is 94.5 Å². The fourth-order valence-corrected chi connectivity index (χ4v) is 4.15. The van der Waals surface area contributed by atoms with Gasteiger partial charge < -0.3 is 0 Å². The van der Waals surface area contributed by atoms with E-state index in [2.05, 4.69) is 55.7 Å². The Balaban J connectivity index is 1.46. The molecule has 1 aromatic heterocycles. The van der Waals surface area contributed by atoms with E-state index < -0.39 is 0 Å².